The number of hydrogen-bond donors (Lipinski definition) is 3. The van der Waals surface area contributed by atoms with Crippen LogP contribution in [0.25, 0.3) is 17.2 Å². The van der Waals surface area contributed by atoms with E-state index >= 15 is 0 Å². The Bertz CT molecular complexity index is 1500. The summed E-state index contributed by atoms with van der Waals surface area (Å²) in [5, 5.41) is 10.3. The molecule has 2 aromatic heterocycles. The molecule has 0 aliphatic heterocycles. The second kappa shape index (κ2) is 10.7. The van der Waals surface area contributed by atoms with Gasteiger partial charge in [-0.3, -0.25) is 15.1 Å². The van der Waals surface area contributed by atoms with Crippen molar-refractivity contribution in [2.45, 2.75) is 25.7 Å². The summed E-state index contributed by atoms with van der Waals surface area (Å²) in [5.41, 5.74) is 3.17. The lowest BCUT2D eigenvalue weighted by molar-refractivity contribution is 0.262. The van der Waals surface area contributed by atoms with Crippen LogP contribution < -0.4 is 30.4 Å². The van der Waals surface area contributed by atoms with E-state index in [0.717, 1.165) is 30.5 Å². The number of aryl methyl sites for hydroxylation is 1. The fourth-order valence-electron chi connectivity index (χ4n) is 4.50. The van der Waals surface area contributed by atoms with E-state index in [1.807, 2.05) is 30.3 Å². The second-order valence-electron chi connectivity index (χ2n) is 8.71. The zero-order chi connectivity index (χ0) is 26.6. The molecule has 0 radical (unpaired) electrons. The van der Waals surface area contributed by atoms with Gasteiger partial charge >= 0.3 is 6.03 Å². The molecule has 2 aromatic carbocycles. The zero-order valence-corrected chi connectivity index (χ0v) is 21.3. The number of H-pyrrole nitrogens is 1. The Balaban J connectivity index is 1.50. The molecular formula is C27H28N6O5. The van der Waals surface area contributed by atoms with Gasteiger partial charge in [0, 0.05) is 29.3 Å². The Morgan fingerprint density at radius 3 is 2.34 bits per heavy atom. The molecule has 0 bridgehead atoms. The van der Waals surface area contributed by atoms with Crippen molar-refractivity contribution in [2.75, 3.05) is 32.0 Å². The van der Waals surface area contributed by atoms with Gasteiger partial charge in [0.1, 0.15) is 5.82 Å². The molecule has 0 unspecified atom stereocenters. The van der Waals surface area contributed by atoms with Crippen molar-refractivity contribution in [1.29, 1.82) is 0 Å². The van der Waals surface area contributed by atoms with E-state index in [1.165, 1.54) is 26.0 Å². The van der Waals surface area contributed by atoms with Crippen LogP contribution in [0, 0.1) is 0 Å². The first kappa shape index (κ1) is 24.9. The number of nitrogens with one attached hydrogen (secondary N) is 3. The van der Waals surface area contributed by atoms with E-state index in [4.69, 9.17) is 19.2 Å². The zero-order valence-electron chi connectivity index (χ0n) is 21.3. The average molecular weight is 517 g/mol. The first-order chi connectivity index (χ1) is 18.5. The highest BCUT2D eigenvalue weighted by atomic mass is 16.5. The molecule has 0 saturated heterocycles. The number of urea groups is 1. The number of amides is 2. The molecule has 1 aliphatic carbocycles. The second-order valence-corrected chi connectivity index (χ2v) is 8.71. The lowest BCUT2D eigenvalue weighted by Gasteiger charge is -2.16. The quantitative estimate of drug-likeness (QED) is 0.336. The van der Waals surface area contributed by atoms with Gasteiger partial charge in [0.15, 0.2) is 11.5 Å². The summed E-state index contributed by atoms with van der Waals surface area (Å²) in [6.07, 6.45) is 3.36. The predicted octanol–water partition coefficient (Wildman–Crippen LogP) is 4.17. The monoisotopic (exact) mass is 516 g/mol. The summed E-state index contributed by atoms with van der Waals surface area (Å²) < 4.78 is 17.5. The number of hydrogen-bond acceptors (Lipinski definition) is 7. The third kappa shape index (κ3) is 4.90. The number of carbonyl (C=O) groups excluding carboxylic acids is 1. The Kier molecular flexibility index (Phi) is 6.98. The number of anilines is 2. The first-order valence-electron chi connectivity index (χ1n) is 12.2. The van der Waals surface area contributed by atoms with Gasteiger partial charge in [0.2, 0.25) is 11.7 Å². The van der Waals surface area contributed by atoms with Crippen LogP contribution in [0.2, 0.25) is 0 Å². The van der Waals surface area contributed by atoms with Gasteiger partial charge in [-0.1, -0.05) is 30.3 Å². The third-order valence-electron chi connectivity index (χ3n) is 6.32. The summed E-state index contributed by atoms with van der Waals surface area (Å²) in [5.74, 6) is 1.77. The fraction of sp³-hybridized carbons (Fsp3) is 0.259. The molecule has 2 heterocycles. The van der Waals surface area contributed by atoms with Crippen molar-refractivity contribution in [3.8, 4) is 34.5 Å². The van der Waals surface area contributed by atoms with E-state index in [1.54, 1.807) is 18.2 Å². The minimum atomic E-state index is -0.541. The Morgan fingerprint density at radius 2 is 1.66 bits per heavy atom. The molecule has 11 nitrogen and oxygen atoms in total. The smallest absolute Gasteiger partial charge is 0.324 e. The highest BCUT2D eigenvalue weighted by Crippen LogP contribution is 2.40. The van der Waals surface area contributed by atoms with E-state index < -0.39 is 6.03 Å². The van der Waals surface area contributed by atoms with Gasteiger partial charge in [-0.05, 0) is 25.7 Å². The number of aromatic nitrogens is 4. The molecule has 2 amide bonds. The molecule has 1 aliphatic rings. The van der Waals surface area contributed by atoms with Crippen LogP contribution >= 0.6 is 0 Å². The minimum absolute atomic E-state index is 0.186. The number of benzene rings is 2. The first-order valence-corrected chi connectivity index (χ1v) is 12.2. The van der Waals surface area contributed by atoms with Crippen LogP contribution in [0.1, 0.15) is 24.1 Å². The minimum Gasteiger partial charge on any atom is -0.493 e. The van der Waals surface area contributed by atoms with Crippen molar-refractivity contribution in [1.82, 2.24) is 19.7 Å². The number of nitrogens with zero attached hydrogens (tertiary/aromatic N) is 3. The average Bonchev–Trinajstić information content (AvgIpc) is 3.36. The molecule has 196 valence electrons. The van der Waals surface area contributed by atoms with Gasteiger partial charge in [-0.2, -0.15) is 9.78 Å². The van der Waals surface area contributed by atoms with Crippen molar-refractivity contribution in [3.05, 3.63) is 70.1 Å². The number of ether oxygens (including phenoxy) is 3. The number of methoxy groups -OCH3 is 3. The number of aromatic amines is 1. The maximum atomic E-state index is 13.1. The maximum Gasteiger partial charge on any atom is 0.324 e. The van der Waals surface area contributed by atoms with Crippen LogP contribution in [-0.4, -0.2) is 47.1 Å². The maximum absolute atomic E-state index is 13.1. The highest BCUT2D eigenvalue weighted by molar-refractivity contribution is 6.00. The Labute approximate surface area is 218 Å². The van der Waals surface area contributed by atoms with Crippen LogP contribution in [0.3, 0.4) is 0 Å². The summed E-state index contributed by atoms with van der Waals surface area (Å²) in [4.78, 5) is 33.4. The van der Waals surface area contributed by atoms with Crippen LogP contribution in [0.4, 0.5) is 16.3 Å². The summed E-state index contributed by atoms with van der Waals surface area (Å²) in [7, 11) is 4.50. The van der Waals surface area contributed by atoms with E-state index in [0.29, 0.717) is 46.4 Å². The molecular weight excluding hydrogens is 488 g/mol. The van der Waals surface area contributed by atoms with E-state index in [-0.39, 0.29) is 11.5 Å². The van der Waals surface area contributed by atoms with Crippen LogP contribution in [-0.2, 0) is 12.8 Å². The normalized spacial score (nSPS) is 12.4. The van der Waals surface area contributed by atoms with Crippen molar-refractivity contribution in [2.24, 2.45) is 0 Å². The van der Waals surface area contributed by atoms with E-state index in [9.17, 15) is 9.59 Å². The SMILES string of the molecule is COc1cc(NC(=O)Nc2cc(-c3ccccc3)nn2-c2nc3c(c(=O)[nH]2)CCCC3)cc(OC)c1OC. The van der Waals surface area contributed by atoms with Gasteiger partial charge in [-0.15, -0.1) is 0 Å². The largest absolute Gasteiger partial charge is 0.493 e. The Hall–Kier alpha value is -4.80. The molecule has 5 rings (SSSR count). The molecule has 0 atom stereocenters. The number of fused-ring (bicyclic) bond motifs is 1. The topological polar surface area (TPSA) is 132 Å². The van der Waals surface area contributed by atoms with Gasteiger partial charge < -0.3 is 19.5 Å². The lowest BCUT2D eigenvalue weighted by Crippen LogP contribution is -2.25. The lowest BCUT2D eigenvalue weighted by atomic mass is 9.97. The van der Waals surface area contributed by atoms with Gasteiger partial charge in [-0.25, -0.2) is 9.78 Å². The molecule has 4 aromatic rings. The molecule has 38 heavy (non-hydrogen) atoms. The summed E-state index contributed by atoms with van der Waals surface area (Å²) in [6, 6.07) is 14.0. The molecule has 0 spiro atoms. The number of rotatable bonds is 7. The van der Waals surface area contributed by atoms with Crippen LogP contribution in [0.5, 0.6) is 17.2 Å². The third-order valence-corrected chi connectivity index (χ3v) is 6.32. The summed E-state index contributed by atoms with van der Waals surface area (Å²) in [6.45, 7) is 0. The van der Waals surface area contributed by atoms with Gasteiger partial charge in [0.25, 0.3) is 5.56 Å². The van der Waals surface area contributed by atoms with Crippen LogP contribution in [0.15, 0.2) is 53.3 Å². The molecule has 0 fully saturated rings. The van der Waals surface area contributed by atoms with Gasteiger partial charge in [0.05, 0.1) is 38.4 Å². The van der Waals surface area contributed by atoms with Crippen molar-refractivity contribution < 1.29 is 19.0 Å². The highest BCUT2D eigenvalue weighted by Gasteiger charge is 2.21. The standard InChI is InChI=1S/C27H28N6O5/c1-36-21-13-17(14-22(37-2)24(21)38-3)28-27(35)30-23-15-20(16-9-5-4-6-10-16)32-33(23)26-29-19-12-8-7-11-18(19)25(34)31-26/h4-6,9-10,13-15H,7-8,11-12H2,1-3H3,(H2,28,30,35)(H,29,31,34). The van der Waals surface area contributed by atoms with Crippen molar-refractivity contribution >= 4 is 17.5 Å². The van der Waals surface area contributed by atoms with Crippen molar-refractivity contribution in [3.63, 3.8) is 0 Å². The Morgan fingerprint density at radius 1 is 0.947 bits per heavy atom. The fourth-order valence-corrected chi connectivity index (χ4v) is 4.50. The molecule has 0 saturated carbocycles. The van der Waals surface area contributed by atoms with E-state index in [2.05, 4.69) is 20.7 Å². The molecule has 3 N–H and O–H groups in total. The molecule has 11 heteroatoms. The summed E-state index contributed by atoms with van der Waals surface area (Å²) >= 11 is 0. The predicted molar refractivity (Wildman–Crippen MR) is 143 cm³/mol. The number of carbonyl (C=O) groups is 1.